The van der Waals surface area contributed by atoms with Crippen molar-refractivity contribution in [2.75, 3.05) is 19.6 Å². The number of halogens is 1. The second-order valence-corrected chi connectivity index (χ2v) is 5.41. The number of piperidine rings is 1. The number of nitrogens with zero attached hydrogens (tertiary/aromatic N) is 1. The van der Waals surface area contributed by atoms with E-state index < -0.39 is 0 Å². The van der Waals surface area contributed by atoms with Gasteiger partial charge in [-0.3, -0.25) is 9.69 Å². The summed E-state index contributed by atoms with van der Waals surface area (Å²) in [6.45, 7) is 2.64. The number of likely N-dealkylation sites (tertiary alicyclic amines) is 1. The fourth-order valence-corrected chi connectivity index (χ4v) is 2.53. The van der Waals surface area contributed by atoms with Gasteiger partial charge in [0.2, 0.25) is 5.91 Å². The summed E-state index contributed by atoms with van der Waals surface area (Å²) in [5, 5.41) is 3.58. The number of hydrogen-bond donors (Lipinski definition) is 2. The predicted octanol–water partition coefficient (Wildman–Crippen LogP) is 1.38. The van der Waals surface area contributed by atoms with Crippen LogP contribution in [0.4, 0.5) is 0 Å². The van der Waals surface area contributed by atoms with Gasteiger partial charge < -0.3 is 11.1 Å². The van der Waals surface area contributed by atoms with Crippen LogP contribution in [0.2, 0.25) is 5.02 Å². The molecule has 1 aliphatic rings. The Morgan fingerprint density at radius 1 is 1.47 bits per heavy atom. The largest absolute Gasteiger partial charge is 0.351 e. The molecule has 1 saturated heterocycles. The van der Waals surface area contributed by atoms with Crippen molar-refractivity contribution in [3.05, 3.63) is 34.9 Å². The molecule has 0 radical (unpaired) electrons. The number of carbonyl (C=O) groups excluding carboxylic acids is 1. The molecule has 1 unspecified atom stereocenters. The summed E-state index contributed by atoms with van der Waals surface area (Å²) in [7, 11) is 0. The average Bonchev–Trinajstić information content (AvgIpc) is 2.38. The molecule has 0 spiro atoms. The van der Waals surface area contributed by atoms with Gasteiger partial charge in [-0.1, -0.05) is 29.8 Å². The molecule has 0 bridgehead atoms. The van der Waals surface area contributed by atoms with Crippen LogP contribution < -0.4 is 11.1 Å². The van der Waals surface area contributed by atoms with Crippen LogP contribution in [-0.2, 0) is 11.3 Å². The molecule has 5 heteroatoms. The maximum atomic E-state index is 11.9. The predicted molar refractivity (Wildman–Crippen MR) is 76.9 cm³/mol. The zero-order valence-electron chi connectivity index (χ0n) is 10.9. The quantitative estimate of drug-likeness (QED) is 0.877. The second-order valence-electron chi connectivity index (χ2n) is 5.01. The van der Waals surface area contributed by atoms with Crippen LogP contribution in [0.5, 0.6) is 0 Å². The molecule has 2 rings (SSSR count). The molecule has 0 aliphatic carbocycles. The summed E-state index contributed by atoms with van der Waals surface area (Å²) < 4.78 is 0. The molecular weight excluding hydrogens is 262 g/mol. The van der Waals surface area contributed by atoms with E-state index >= 15 is 0 Å². The highest BCUT2D eigenvalue weighted by atomic mass is 35.5. The molecule has 4 nitrogen and oxygen atoms in total. The van der Waals surface area contributed by atoms with E-state index in [9.17, 15) is 4.79 Å². The summed E-state index contributed by atoms with van der Waals surface area (Å²) in [5.74, 6) is 0.0222. The normalized spacial score (nSPS) is 20.2. The van der Waals surface area contributed by atoms with Gasteiger partial charge >= 0.3 is 0 Å². The Balaban J connectivity index is 1.77. The van der Waals surface area contributed by atoms with Crippen LogP contribution in [0.25, 0.3) is 0 Å². The van der Waals surface area contributed by atoms with E-state index in [1.165, 1.54) is 0 Å². The Morgan fingerprint density at radius 3 is 3.00 bits per heavy atom. The zero-order valence-corrected chi connectivity index (χ0v) is 11.7. The maximum Gasteiger partial charge on any atom is 0.234 e. The number of nitrogens with one attached hydrogen (secondary N) is 1. The van der Waals surface area contributed by atoms with Gasteiger partial charge in [-0.15, -0.1) is 0 Å². The molecule has 0 saturated carbocycles. The summed E-state index contributed by atoms with van der Waals surface area (Å²) in [5.41, 5.74) is 6.83. The third-order valence-electron chi connectivity index (χ3n) is 3.34. The Kier molecular flexibility index (Phi) is 5.19. The molecule has 1 atom stereocenters. The standard InChI is InChI=1S/C14H20ClN3O/c15-13-6-2-1-4-11(13)8-17-14(19)10-18-7-3-5-12(16)9-18/h1-2,4,6,12H,3,5,7-10,16H2,(H,17,19). The average molecular weight is 282 g/mol. The number of amides is 1. The van der Waals surface area contributed by atoms with Crippen LogP contribution in [-0.4, -0.2) is 36.5 Å². The smallest absolute Gasteiger partial charge is 0.234 e. The van der Waals surface area contributed by atoms with E-state index in [1.54, 1.807) is 0 Å². The van der Waals surface area contributed by atoms with Gasteiger partial charge in [-0.05, 0) is 31.0 Å². The Hall–Kier alpha value is -1.10. The van der Waals surface area contributed by atoms with Gasteiger partial charge in [0, 0.05) is 24.2 Å². The summed E-state index contributed by atoms with van der Waals surface area (Å²) in [6.07, 6.45) is 2.12. The van der Waals surface area contributed by atoms with Crippen molar-refractivity contribution >= 4 is 17.5 Å². The minimum atomic E-state index is 0.0222. The van der Waals surface area contributed by atoms with Crippen LogP contribution >= 0.6 is 11.6 Å². The zero-order chi connectivity index (χ0) is 13.7. The third kappa shape index (κ3) is 4.49. The summed E-state index contributed by atoms with van der Waals surface area (Å²) in [4.78, 5) is 14.0. The fourth-order valence-electron chi connectivity index (χ4n) is 2.33. The molecular formula is C14H20ClN3O. The van der Waals surface area contributed by atoms with E-state index in [4.69, 9.17) is 17.3 Å². The van der Waals surface area contributed by atoms with Crippen LogP contribution in [0.15, 0.2) is 24.3 Å². The SMILES string of the molecule is NC1CCCN(CC(=O)NCc2ccccc2Cl)C1. The fraction of sp³-hybridized carbons (Fsp3) is 0.500. The van der Waals surface area contributed by atoms with E-state index in [1.807, 2.05) is 24.3 Å². The van der Waals surface area contributed by atoms with Crippen molar-refractivity contribution in [2.45, 2.75) is 25.4 Å². The molecule has 1 amide bonds. The van der Waals surface area contributed by atoms with Gasteiger partial charge in [0.15, 0.2) is 0 Å². The number of benzene rings is 1. The highest BCUT2D eigenvalue weighted by Crippen LogP contribution is 2.14. The lowest BCUT2D eigenvalue weighted by Gasteiger charge is -2.29. The summed E-state index contributed by atoms with van der Waals surface area (Å²) in [6, 6.07) is 7.73. The lowest BCUT2D eigenvalue weighted by molar-refractivity contribution is -0.122. The van der Waals surface area contributed by atoms with Crippen molar-refractivity contribution in [3.8, 4) is 0 Å². The molecule has 3 N–H and O–H groups in total. The van der Waals surface area contributed by atoms with Crippen molar-refractivity contribution in [1.29, 1.82) is 0 Å². The van der Waals surface area contributed by atoms with Gasteiger partial charge in [0.1, 0.15) is 0 Å². The van der Waals surface area contributed by atoms with Crippen LogP contribution in [0, 0.1) is 0 Å². The van der Waals surface area contributed by atoms with Gasteiger partial charge in [0.05, 0.1) is 6.54 Å². The lowest BCUT2D eigenvalue weighted by Crippen LogP contribution is -2.46. The maximum absolute atomic E-state index is 11.9. The van der Waals surface area contributed by atoms with Crippen LogP contribution in [0.3, 0.4) is 0 Å². The molecule has 19 heavy (non-hydrogen) atoms. The van der Waals surface area contributed by atoms with Gasteiger partial charge in [0.25, 0.3) is 0 Å². The van der Waals surface area contributed by atoms with Crippen molar-refractivity contribution in [3.63, 3.8) is 0 Å². The minimum Gasteiger partial charge on any atom is -0.351 e. The number of hydrogen-bond acceptors (Lipinski definition) is 3. The van der Waals surface area contributed by atoms with Crippen molar-refractivity contribution in [2.24, 2.45) is 5.73 Å². The van der Waals surface area contributed by atoms with Gasteiger partial charge in [-0.25, -0.2) is 0 Å². The second kappa shape index (κ2) is 6.89. The minimum absolute atomic E-state index is 0.0222. The lowest BCUT2D eigenvalue weighted by atomic mass is 10.1. The molecule has 104 valence electrons. The molecule has 0 aromatic heterocycles. The number of nitrogens with two attached hydrogens (primary N) is 1. The molecule has 1 fully saturated rings. The first kappa shape index (κ1) is 14.3. The molecule has 1 aliphatic heterocycles. The third-order valence-corrected chi connectivity index (χ3v) is 3.71. The number of rotatable bonds is 4. The van der Waals surface area contributed by atoms with E-state index in [0.717, 1.165) is 31.5 Å². The Bertz CT molecular complexity index is 438. The topological polar surface area (TPSA) is 58.4 Å². The Morgan fingerprint density at radius 2 is 2.26 bits per heavy atom. The van der Waals surface area contributed by atoms with E-state index in [2.05, 4.69) is 10.2 Å². The van der Waals surface area contributed by atoms with Crippen LogP contribution in [0.1, 0.15) is 18.4 Å². The van der Waals surface area contributed by atoms with Crippen molar-refractivity contribution < 1.29 is 4.79 Å². The first-order valence-corrected chi connectivity index (χ1v) is 7.01. The monoisotopic (exact) mass is 281 g/mol. The van der Waals surface area contributed by atoms with Gasteiger partial charge in [-0.2, -0.15) is 0 Å². The molecule has 1 aromatic carbocycles. The number of carbonyl (C=O) groups is 1. The molecule has 1 heterocycles. The Labute approximate surface area is 118 Å². The van der Waals surface area contributed by atoms with Crippen molar-refractivity contribution in [1.82, 2.24) is 10.2 Å². The van der Waals surface area contributed by atoms with E-state index in [-0.39, 0.29) is 11.9 Å². The van der Waals surface area contributed by atoms with E-state index in [0.29, 0.717) is 18.1 Å². The highest BCUT2D eigenvalue weighted by Gasteiger charge is 2.18. The molecule has 1 aromatic rings. The highest BCUT2D eigenvalue weighted by molar-refractivity contribution is 6.31. The summed E-state index contributed by atoms with van der Waals surface area (Å²) >= 11 is 6.04. The first-order valence-electron chi connectivity index (χ1n) is 6.63. The first-order chi connectivity index (χ1) is 9.15.